The van der Waals surface area contributed by atoms with Gasteiger partial charge in [0, 0.05) is 47.8 Å². The van der Waals surface area contributed by atoms with Gasteiger partial charge in [-0.05, 0) is 46.2 Å². The lowest BCUT2D eigenvalue weighted by molar-refractivity contribution is -0.117. The molecule has 2 aromatic heterocycles. The molecule has 0 aliphatic rings. The number of carbonyl (C=O) groups excluding carboxylic acids is 1. The lowest BCUT2D eigenvalue weighted by Crippen LogP contribution is -2.11. The summed E-state index contributed by atoms with van der Waals surface area (Å²) in [5.41, 5.74) is 2.65. The minimum Gasteiger partial charge on any atom is -0.496 e. The zero-order chi connectivity index (χ0) is 24.8. The van der Waals surface area contributed by atoms with E-state index in [0.29, 0.717) is 46.5 Å². The molecule has 180 valence electrons. The summed E-state index contributed by atoms with van der Waals surface area (Å²) in [5, 5.41) is 4.75. The van der Waals surface area contributed by atoms with E-state index in [1.54, 1.807) is 44.9 Å². The molecule has 2 aromatic carbocycles. The Labute approximate surface area is 213 Å². The summed E-state index contributed by atoms with van der Waals surface area (Å²) >= 11 is 7.10. The molecule has 0 saturated carbocycles. The molecule has 2 heterocycles. The van der Waals surface area contributed by atoms with Crippen LogP contribution in [0.3, 0.4) is 0 Å². The lowest BCUT2D eigenvalue weighted by atomic mass is 10.0. The van der Waals surface area contributed by atoms with Gasteiger partial charge in [0.15, 0.2) is 11.5 Å². The molecule has 4 aromatic rings. The summed E-state index contributed by atoms with van der Waals surface area (Å²) < 4.78 is 22.6. The van der Waals surface area contributed by atoms with E-state index in [-0.39, 0.29) is 12.2 Å². The fourth-order valence-electron chi connectivity index (χ4n) is 3.78. The second-order valence-corrected chi connectivity index (χ2v) is 9.21. The van der Waals surface area contributed by atoms with E-state index < -0.39 is 0 Å². The lowest BCUT2D eigenvalue weighted by Gasteiger charge is -2.14. The van der Waals surface area contributed by atoms with Crippen LogP contribution >= 0.6 is 23.6 Å². The molecule has 0 aliphatic carbocycles. The molecule has 0 saturated heterocycles. The number of aromatic nitrogens is 1. The van der Waals surface area contributed by atoms with Gasteiger partial charge < -0.3 is 18.9 Å². The quantitative estimate of drug-likeness (QED) is 0.223. The van der Waals surface area contributed by atoms with Gasteiger partial charge in [0.25, 0.3) is 0 Å². The zero-order valence-corrected chi connectivity index (χ0v) is 21.3. The molecule has 0 bridgehead atoms. The van der Waals surface area contributed by atoms with Crippen LogP contribution in [0.2, 0.25) is 0 Å². The molecule has 4 rings (SSSR count). The normalized spacial score (nSPS) is 10.7. The van der Waals surface area contributed by atoms with E-state index in [1.165, 1.54) is 0 Å². The summed E-state index contributed by atoms with van der Waals surface area (Å²) in [6, 6.07) is 13.0. The SMILES string of the molecule is COc1cc(Oc2ccnc3cc(OC)c(OC)cc23)ccc1CC(=S)CC(=O)Cc1ccsc1. The molecule has 35 heavy (non-hydrogen) atoms. The van der Waals surface area contributed by atoms with Crippen molar-refractivity contribution in [3.05, 3.63) is 70.5 Å². The van der Waals surface area contributed by atoms with Gasteiger partial charge in [-0.2, -0.15) is 11.3 Å². The Morgan fingerprint density at radius 1 is 0.914 bits per heavy atom. The third-order valence-corrected chi connectivity index (χ3v) is 6.48. The first-order valence-corrected chi connectivity index (χ1v) is 12.3. The third kappa shape index (κ3) is 5.96. The highest BCUT2D eigenvalue weighted by atomic mass is 32.1. The Kier molecular flexibility index (Phi) is 7.94. The first-order valence-electron chi connectivity index (χ1n) is 10.9. The van der Waals surface area contributed by atoms with E-state index in [4.69, 9.17) is 31.2 Å². The Bertz CT molecular complexity index is 1350. The van der Waals surface area contributed by atoms with Crippen LogP contribution in [0.4, 0.5) is 0 Å². The van der Waals surface area contributed by atoms with Crippen LogP contribution in [0, 0.1) is 0 Å². The predicted octanol–water partition coefficient (Wildman–Crippen LogP) is 6.23. The van der Waals surface area contributed by atoms with Gasteiger partial charge in [0.1, 0.15) is 23.0 Å². The summed E-state index contributed by atoms with van der Waals surface area (Å²) in [4.78, 5) is 17.5. The van der Waals surface area contributed by atoms with Crippen molar-refractivity contribution < 1.29 is 23.7 Å². The van der Waals surface area contributed by atoms with E-state index in [9.17, 15) is 4.79 Å². The maximum absolute atomic E-state index is 12.4. The van der Waals surface area contributed by atoms with Crippen LogP contribution in [0.1, 0.15) is 17.5 Å². The highest BCUT2D eigenvalue weighted by molar-refractivity contribution is 7.80. The number of benzene rings is 2. The number of thiocarbonyl (C=S) groups is 1. The fourth-order valence-corrected chi connectivity index (χ4v) is 4.76. The largest absolute Gasteiger partial charge is 0.496 e. The Morgan fingerprint density at radius 3 is 2.40 bits per heavy atom. The molecule has 0 amide bonds. The number of ketones is 1. The van der Waals surface area contributed by atoms with Gasteiger partial charge in [-0.25, -0.2) is 0 Å². The van der Waals surface area contributed by atoms with Crippen molar-refractivity contribution in [2.45, 2.75) is 19.3 Å². The topological polar surface area (TPSA) is 66.9 Å². The first-order chi connectivity index (χ1) is 17.0. The second-order valence-electron chi connectivity index (χ2n) is 7.85. The highest BCUT2D eigenvalue weighted by Crippen LogP contribution is 2.37. The van der Waals surface area contributed by atoms with Crippen LogP contribution in [-0.2, 0) is 17.6 Å². The molecular weight excluding hydrogens is 482 g/mol. The van der Waals surface area contributed by atoms with Crippen LogP contribution in [0.25, 0.3) is 10.9 Å². The zero-order valence-electron chi connectivity index (χ0n) is 19.7. The van der Waals surface area contributed by atoms with Crippen molar-refractivity contribution in [1.29, 1.82) is 0 Å². The number of fused-ring (bicyclic) bond motifs is 1. The van der Waals surface area contributed by atoms with Crippen molar-refractivity contribution in [1.82, 2.24) is 4.98 Å². The van der Waals surface area contributed by atoms with Gasteiger partial charge in [0.2, 0.25) is 0 Å². The van der Waals surface area contributed by atoms with E-state index in [1.807, 2.05) is 47.2 Å². The van der Waals surface area contributed by atoms with Gasteiger partial charge in [-0.15, -0.1) is 0 Å². The number of thiophene rings is 1. The van der Waals surface area contributed by atoms with Gasteiger partial charge in [-0.3, -0.25) is 9.78 Å². The van der Waals surface area contributed by atoms with E-state index in [2.05, 4.69) is 4.98 Å². The Morgan fingerprint density at radius 2 is 1.69 bits per heavy atom. The number of hydrogen-bond donors (Lipinski definition) is 0. The Balaban J connectivity index is 1.50. The Hall–Kier alpha value is -3.49. The molecule has 0 spiro atoms. The fraction of sp³-hybridized carbons (Fsp3) is 0.222. The number of Topliss-reactive ketones (excluding diaryl/α,β-unsaturated/α-hetero) is 1. The molecule has 0 N–H and O–H groups in total. The molecule has 0 aliphatic heterocycles. The standard InChI is InChI=1S/C27H25NO5S2/c1-30-25-13-20(5-4-18(25)11-21(34)12-19(29)10-17-7-9-35-16-17)33-24-6-8-28-23-15-27(32-3)26(31-2)14-22(23)24/h4-9,13-16H,10-12H2,1-3H3. The van der Waals surface area contributed by atoms with Crippen molar-refractivity contribution in [3.8, 4) is 28.7 Å². The third-order valence-electron chi connectivity index (χ3n) is 5.46. The molecule has 6 nitrogen and oxygen atoms in total. The molecule has 0 fully saturated rings. The van der Waals surface area contributed by atoms with Crippen molar-refractivity contribution in [3.63, 3.8) is 0 Å². The van der Waals surface area contributed by atoms with Crippen molar-refractivity contribution in [2.24, 2.45) is 0 Å². The minimum atomic E-state index is 0.115. The summed E-state index contributed by atoms with van der Waals surface area (Å²) in [5.74, 6) is 3.18. The smallest absolute Gasteiger partial charge is 0.162 e. The number of carbonyl (C=O) groups is 1. The van der Waals surface area contributed by atoms with Crippen LogP contribution in [-0.4, -0.2) is 37.0 Å². The number of methoxy groups -OCH3 is 3. The first kappa shape index (κ1) is 24.6. The van der Waals surface area contributed by atoms with Gasteiger partial charge >= 0.3 is 0 Å². The van der Waals surface area contributed by atoms with E-state index in [0.717, 1.165) is 22.0 Å². The molecule has 0 atom stereocenters. The molecule has 0 radical (unpaired) electrons. The molecule has 8 heteroatoms. The van der Waals surface area contributed by atoms with Gasteiger partial charge in [-0.1, -0.05) is 18.3 Å². The number of hydrogen-bond acceptors (Lipinski definition) is 8. The van der Waals surface area contributed by atoms with Gasteiger partial charge in [0.05, 0.1) is 26.8 Å². The summed E-state index contributed by atoms with van der Waals surface area (Å²) in [7, 11) is 4.78. The van der Waals surface area contributed by atoms with E-state index >= 15 is 0 Å². The minimum absolute atomic E-state index is 0.115. The average molecular weight is 508 g/mol. The number of nitrogens with zero attached hydrogens (tertiary/aromatic N) is 1. The molecular formula is C27H25NO5S2. The van der Waals surface area contributed by atoms with Crippen molar-refractivity contribution >= 4 is 45.1 Å². The van der Waals surface area contributed by atoms with Crippen molar-refractivity contribution in [2.75, 3.05) is 21.3 Å². The number of pyridine rings is 1. The highest BCUT2D eigenvalue weighted by Gasteiger charge is 2.14. The second kappa shape index (κ2) is 11.3. The monoisotopic (exact) mass is 507 g/mol. The number of ether oxygens (including phenoxy) is 4. The summed E-state index contributed by atoms with van der Waals surface area (Å²) in [6.45, 7) is 0. The maximum atomic E-state index is 12.4. The van der Waals surface area contributed by atoms with Crippen LogP contribution < -0.4 is 18.9 Å². The van der Waals surface area contributed by atoms with Crippen LogP contribution in [0.15, 0.2) is 59.4 Å². The summed E-state index contributed by atoms with van der Waals surface area (Å²) in [6.07, 6.45) is 2.83. The average Bonchev–Trinajstić information content (AvgIpc) is 3.37. The predicted molar refractivity (Wildman–Crippen MR) is 142 cm³/mol. The molecule has 0 unspecified atom stereocenters. The van der Waals surface area contributed by atoms with Crippen LogP contribution in [0.5, 0.6) is 28.7 Å². The maximum Gasteiger partial charge on any atom is 0.162 e. The number of rotatable bonds is 11.